The maximum absolute atomic E-state index is 5.70. The Morgan fingerprint density at radius 3 is 2.88 bits per heavy atom. The van der Waals surface area contributed by atoms with Crippen LogP contribution in [0.3, 0.4) is 0 Å². The zero-order valence-electron chi connectivity index (χ0n) is 9.82. The van der Waals surface area contributed by atoms with Gasteiger partial charge in [0.15, 0.2) is 0 Å². The van der Waals surface area contributed by atoms with Crippen molar-refractivity contribution in [3.8, 4) is 0 Å². The molecule has 1 N–H and O–H groups in total. The average Bonchev–Trinajstić information content (AvgIpc) is 2.83. The van der Waals surface area contributed by atoms with Gasteiger partial charge in [-0.2, -0.15) is 0 Å². The normalized spacial score (nSPS) is 20.1. The molecule has 0 aromatic heterocycles. The molecule has 0 aliphatic carbocycles. The molecule has 1 atom stereocenters. The molecule has 1 saturated heterocycles. The minimum atomic E-state index is 0.747. The van der Waals surface area contributed by atoms with Crippen LogP contribution in [-0.4, -0.2) is 26.3 Å². The van der Waals surface area contributed by atoms with Crippen LogP contribution in [0.4, 0.5) is 0 Å². The van der Waals surface area contributed by atoms with E-state index in [1.807, 2.05) is 0 Å². The summed E-state index contributed by atoms with van der Waals surface area (Å²) in [5, 5.41) is 3.36. The van der Waals surface area contributed by atoms with Crippen LogP contribution >= 0.6 is 0 Å². The second-order valence-electron chi connectivity index (χ2n) is 4.52. The van der Waals surface area contributed by atoms with Crippen molar-refractivity contribution in [1.29, 1.82) is 0 Å². The Balaban J connectivity index is 1.52. The van der Waals surface area contributed by atoms with Crippen molar-refractivity contribution in [2.45, 2.75) is 19.3 Å². The van der Waals surface area contributed by atoms with E-state index < -0.39 is 0 Å². The van der Waals surface area contributed by atoms with Gasteiger partial charge in [0.1, 0.15) is 0 Å². The third kappa shape index (κ3) is 3.95. The SMILES string of the molecule is c1ccc(CCCOC[C@H]2CCNC2)cc1. The monoisotopic (exact) mass is 219 g/mol. The van der Waals surface area contributed by atoms with E-state index in [-0.39, 0.29) is 0 Å². The Hall–Kier alpha value is -0.860. The van der Waals surface area contributed by atoms with E-state index in [0.29, 0.717) is 0 Å². The zero-order chi connectivity index (χ0) is 11.1. The highest BCUT2D eigenvalue weighted by atomic mass is 16.5. The molecule has 1 aromatic rings. The van der Waals surface area contributed by atoms with Gasteiger partial charge in [-0.25, -0.2) is 0 Å². The van der Waals surface area contributed by atoms with Gasteiger partial charge in [-0.1, -0.05) is 30.3 Å². The van der Waals surface area contributed by atoms with Crippen molar-refractivity contribution in [1.82, 2.24) is 5.32 Å². The Bertz CT molecular complexity index is 280. The Kier molecular flexibility index (Phi) is 4.84. The van der Waals surface area contributed by atoms with Crippen LogP contribution in [0.1, 0.15) is 18.4 Å². The lowest BCUT2D eigenvalue weighted by molar-refractivity contribution is 0.103. The number of aryl methyl sites for hydroxylation is 1. The molecule has 88 valence electrons. The number of hydrogen-bond donors (Lipinski definition) is 1. The highest BCUT2D eigenvalue weighted by Gasteiger charge is 2.13. The molecule has 1 aliphatic heterocycles. The summed E-state index contributed by atoms with van der Waals surface area (Å²) in [6.45, 7) is 4.13. The van der Waals surface area contributed by atoms with Crippen LogP contribution in [-0.2, 0) is 11.2 Å². The molecule has 1 heterocycles. The Morgan fingerprint density at radius 2 is 2.12 bits per heavy atom. The molecule has 1 aliphatic rings. The summed E-state index contributed by atoms with van der Waals surface area (Å²) in [4.78, 5) is 0. The predicted octanol–water partition coefficient (Wildman–Crippen LogP) is 2.25. The van der Waals surface area contributed by atoms with Crippen LogP contribution in [0.5, 0.6) is 0 Å². The second-order valence-corrected chi connectivity index (χ2v) is 4.52. The minimum absolute atomic E-state index is 0.747. The van der Waals surface area contributed by atoms with Crippen molar-refractivity contribution in [3.05, 3.63) is 35.9 Å². The van der Waals surface area contributed by atoms with Crippen LogP contribution in [0, 0.1) is 5.92 Å². The van der Waals surface area contributed by atoms with Crippen LogP contribution < -0.4 is 5.32 Å². The van der Waals surface area contributed by atoms with Gasteiger partial charge in [-0.05, 0) is 37.3 Å². The minimum Gasteiger partial charge on any atom is -0.381 e. The maximum Gasteiger partial charge on any atom is 0.0506 e. The lowest BCUT2D eigenvalue weighted by Gasteiger charge is -2.09. The van der Waals surface area contributed by atoms with Gasteiger partial charge in [-0.3, -0.25) is 0 Å². The first kappa shape index (κ1) is 11.6. The predicted molar refractivity (Wildman–Crippen MR) is 66.6 cm³/mol. The molecule has 16 heavy (non-hydrogen) atoms. The van der Waals surface area contributed by atoms with E-state index in [4.69, 9.17) is 4.74 Å². The Labute approximate surface area is 98.0 Å². The van der Waals surface area contributed by atoms with Crippen molar-refractivity contribution in [3.63, 3.8) is 0 Å². The van der Waals surface area contributed by atoms with E-state index in [1.54, 1.807) is 0 Å². The first-order valence-electron chi connectivity index (χ1n) is 6.27. The third-order valence-electron chi connectivity index (χ3n) is 3.11. The summed E-state index contributed by atoms with van der Waals surface area (Å²) in [6.07, 6.45) is 3.53. The van der Waals surface area contributed by atoms with Gasteiger partial charge >= 0.3 is 0 Å². The van der Waals surface area contributed by atoms with Gasteiger partial charge in [-0.15, -0.1) is 0 Å². The largest absolute Gasteiger partial charge is 0.381 e. The average molecular weight is 219 g/mol. The van der Waals surface area contributed by atoms with Crippen molar-refractivity contribution < 1.29 is 4.74 Å². The summed E-state index contributed by atoms with van der Waals surface area (Å²) >= 11 is 0. The zero-order valence-corrected chi connectivity index (χ0v) is 9.82. The van der Waals surface area contributed by atoms with Gasteiger partial charge in [0, 0.05) is 13.2 Å². The molecule has 0 amide bonds. The van der Waals surface area contributed by atoms with E-state index in [1.165, 1.54) is 12.0 Å². The highest BCUT2D eigenvalue weighted by Crippen LogP contribution is 2.08. The fourth-order valence-corrected chi connectivity index (χ4v) is 2.13. The molecule has 2 heteroatoms. The number of nitrogens with one attached hydrogen (secondary N) is 1. The number of ether oxygens (including phenoxy) is 1. The third-order valence-corrected chi connectivity index (χ3v) is 3.11. The van der Waals surface area contributed by atoms with Gasteiger partial charge in [0.2, 0.25) is 0 Å². The Morgan fingerprint density at radius 1 is 1.25 bits per heavy atom. The lowest BCUT2D eigenvalue weighted by Crippen LogP contribution is -2.14. The molecule has 1 fully saturated rings. The van der Waals surface area contributed by atoms with Gasteiger partial charge in [0.05, 0.1) is 6.61 Å². The van der Waals surface area contributed by atoms with E-state index >= 15 is 0 Å². The quantitative estimate of drug-likeness (QED) is 0.741. The van der Waals surface area contributed by atoms with Crippen molar-refractivity contribution in [2.24, 2.45) is 5.92 Å². The molecule has 0 unspecified atom stereocenters. The van der Waals surface area contributed by atoms with Gasteiger partial charge < -0.3 is 10.1 Å². The van der Waals surface area contributed by atoms with E-state index in [9.17, 15) is 0 Å². The second kappa shape index (κ2) is 6.66. The fourth-order valence-electron chi connectivity index (χ4n) is 2.13. The molecule has 0 spiro atoms. The molecule has 2 rings (SSSR count). The van der Waals surface area contributed by atoms with Crippen LogP contribution in [0.25, 0.3) is 0 Å². The van der Waals surface area contributed by atoms with Crippen molar-refractivity contribution >= 4 is 0 Å². The summed E-state index contributed by atoms with van der Waals surface area (Å²) in [5.74, 6) is 0.747. The van der Waals surface area contributed by atoms with Crippen molar-refractivity contribution in [2.75, 3.05) is 26.3 Å². The smallest absolute Gasteiger partial charge is 0.0506 e. The van der Waals surface area contributed by atoms with Crippen LogP contribution in [0.2, 0.25) is 0 Å². The van der Waals surface area contributed by atoms with Gasteiger partial charge in [0.25, 0.3) is 0 Å². The summed E-state index contributed by atoms with van der Waals surface area (Å²) in [7, 11) is 0. The molecule has 2 nitrogen and oxygen atoms in total. The fraction of sp³-hybridized carbons (Fsp3) is 0.571. The van der Waals surface area contributed by atoms with E-state index in [0.717, 1.165) is 45.1 Å². The number of hydrogen-bond acceptors (Lipinski definition) is 2. The molecule has 0 radical (unpaired) electrons. The first-order chi connectivity index (χ1) is 7.95. The number of benzene rings is 1. The summed E-state index contributed by atoms with van der Waals surface area (Å²) in [6, 6.07) is 10.6. The van der Waals surface area contributed by atoms with Crippen LogP contribution in [0.15, 0.2) is 30.3 Å². The highest BCUT2D eigenvalue weighted by molar-refractivity contribution is 5.14. The lowest BCUT2D eigenvalue weighted by atomic mass is 10.1. The van der Waals surface area contributed by atoms with E-state index in [2.05, 4.69) is 35.6 Å². The molecular formula is C14H21NO. The summed E-state index contributed by atoms with van der Waals surface area (Å²) < 4.78 is 5.70. The topological polar surface area (TPSA) is 21.3 Å². The standard InChI is InChI=1S/C14H21NO/c1-2-5-13(6-3-1)7-4-10-16-12-14-8-9-15-11-14/h1-3,5-6,14-15H,4,7-12H2/t14-/m0/s1. The summed E-state index contributed by atoms with van der Waals surface area (Å²) in [5.41, 5.74) is 1.41. The number of rotatable bonds is 6. The molecule has 0 bridgehead atoms. The molecule has 1 aromatic carbocycles. The maximum atomic E-state index is 5.70. The molecule has 0 saturated carbocycles. The molecular weight excluding hydrogens is 198 g/mol. The first-order valence-corrected chi connectivity index (χ1v) is 6.27.